The zero-order valence-electron chi connectivity index (χ0n) is 17.5. The van der Waals surface area contributed by atoms with Crippen LogP contribution in [0, 0.1) is 11.8 Å². The number of ether oxygens (including phenoxy) is 2. The molecule has 4 rings (SSSR count). The summed E-state index contributed by atoms with van der Waals surface area (Å²) in [5, 5.41) is 13.9. The maximum atomic E-state index is 12.6. The number of likely N-dealkylation sites (tertiary alicyclic amines) is 1. The maximum absolute atomic E-state index is 12.6. The fourth-order valence-electron chi connectivity index (χ4n) is 4.91. The number of esters is 1. The van der Waals surface area contributed by atoms with Crippen LogP contribution in [0.5, 0.6) is 5.75 Å². The average Bonchev–Trinajstić information content (AvgIpc) is 3.15. The van der Waals surface area contributed by atoms with E-state index in [9.17, 15) is 14.7 Å². The van der Waals surface area contributed by atoms with E-state index in [0.717, 1.165) is 45.7 Å². The third-order valence-electron chi connectivity index (χ3n) is 6.55. The van der Waals surface area contributed by atoms with Gasteiger partial charge in [-0.05, 0) is 48.9 Å². The molecule has 1 aromatic rings. The van der Waals surface area contributed by atoms with E-state index in [1.54, 1.807) is 24.3 Å². The van der Waals surface area contributed by atoms with Crippen molar-refractivity contribution in [3.8, 4) is 5.75 Å². The summed E-state index contributed by atoms with van der Waals surface area (Å²) >= 11 is 0. The van der Waals surface area contributed by atoms with Gasteiger partial charge >= 0.3 is 5.97 Å². The number of carbonyl (C=O) groups is 2. The van der Waals surface area contributed by atoms with Gasteiger partial charge in [-0.3, -0.25) is 9.69 Å². The first-order valence-corrected chi connectivity index (χ1v) is 10.8. The fraction of sp³-hybridized carbons (Fsp3) is 0.636. The Morgan fingerprint density at radius 3 is 2.43 bits per heavy atom. The van der Waals surface area contributed by atoms with Crippen molar-refractivity contribution in [1.29, 1.82) is 0 Å². The first-order chi connectivity index (χ1) is 14.5. The van der Waals surface area contributed by atoms with Crippen LogP contribution in [-0.2, 0) is 9.53 Å². The van der Waals surface area contributed by atoms with Crippen molar-refractivity contribution < 1.29 is 24.2 Å². The summed E-state index contributed by atoms with van der Waals surface area (Å²) in [5.41, 5.74) is 0.467. The van der Waals surface area contributed by atoms with E-state index in [0.29, 0.717) is 36.1 Å². The molecule has 3 aliphatic rings. The first-order valence-electron chi connectivity index (χ1n) is 10.8. The number of nitrogens with zero attached hydrogens (tertiary/aromatic N) is 2. The van der Waals surface area contributed by atoms with Crippen molar-refractivity contribution in [3.05, 3.63) is 29.8 Å². The molecule has 8 heteroatoms. The molecule has 1 amide bonds. The normalized spacial score (nSPS) is 29.3. The highest BCUT2D eigenvalue weighted by atomic mass is 16.5. The number of methoxy groups -OCH3 is 1. The Hall–Kier alpha value is -2.16. The topological polar surface area (TPSA) is 91.3 Å². The highest BCUT2D eigenvalue weighted by molar-refractivity contribution is 5.89. The SMILES string of the molecule is COC(=O)c1ccc(O[C@H]2C[C@@H]3CN(CC(=O)N4CCNCC4)C[C@@H]3C[C@@H]2O)cc1. The lowest BCUT2D eigenvalue weighted by atomic mass is 9.78. The van der Waals surface area contributed by atoms with Crippen LogP contribution in [0.4, 0.5) is 0 Å². The fourth-order valence-corrected chi connectivity index (χ4v) is 4.91. The molecule has 30 heavy (non-hydrogen) atoms. The predicted octanol–water partition coefficient (Wildman–Crippen LogP) is 0.355. The molecule has 0 radical (unpaired) electrons. The molecule has 2 heterocycles. The van der Waals surface area contributed by atoms with Crippen molar-refractivity contribution in [3.63, 3.8) is 0 Å². The number of hydrogen-bond donors (Lipinski definition) is 2. The Labute approximate surface area is 177 Å². The van der Waals surface area contributed by atoms with Crippen LogP contribution < -0.4 is 10.1 Å². The Balaban J connectivity index is 1.31. The molecule has 2 N–H and O–H groups in total. The van der Waals surface area contributed by atoms with Gasteiger partial charge in [0.25, 0.3) is 0 Å². The zero-order chi connectivity index (χ0) is 21.1. The molecule has 164 valence electrons. The molecule has 1 saturated carbocycles. The molecule has 1 aromatic carbocycles. The summed E-state index contributed by atoms with van der Waals surface area (Å²) in [6.07, 6.45) is 0.644. The summed E-state index contributed by atoms with van der Waals surface area (Å²) in [4.78, 5) is 28.3. The lowest BCUT2D eigenvalue weighted by molar-refractivity contribution is -0.132. The van der Waals surface area contributed by atoms with Crippen LogP contribution >= 0.6 is 0 Å². The number of nitrogens with one attached hydrogen (secondary N) is 1. The van der Waals surface area contributed by atoms with Gasteiger partial charge < -0.3 is 24.8 Å². The van der Waals surface area contributed by atoms with E-state index in [4.69, 9.17) is 9.47 Å². The van der Waals surface area contributed by atoms with Crippen molar-refractivity contribution in [2.75, 3.05) is 52.9 Å². The van der Waals surface area contributed by atoms with Crippen LogP contribution in [0.3, 0.4) is 0 Å². The molecule has 0 aromatic heterocycles. The number of amides is 1. The third kappa shape index (κ3) is 4.77. The van der Waals surface area contributed by atoms with Crippen molar-refractivity contribution in [2.24, 2.45) is 11.8 Å². The second-order valence-corrected chi connectivity index (χ2v) is 8.56. The molecule has 2 saturated heterocycles. The largest absolute Gasteiger partial charge is 0.488 e. The Morgan fingerprint density at radius 1 is 1.10 bits per heavy atom. The number of hydrogen-bond acceptors (Lipinski definition) is 7. The number of aliphatic hydroxyl groups is 1. The van der Waals surface area contributed by atoms with Crippen molar-refractivity contribution >= 4 is 11.9 Å². The second kappa shape index (κ2) is 9.32. The van der Waals surface area contributed by atoms with Gasteiger partial charge in [-0.1, -0.05) is 0 Å². The minimum atomic E-state index is -0.532. The molecule has 0 bridgehead atoms. The number of carbonyl (C=O) groups excluding carboxylic acids is 2. The van der Waals surface area contributed by atoms with Crippen LogP contribution in [0.2, 0.25) is 0 Å². The summed E-state index contributed by atoms with van der Waals surface area (Å²) in [5.74, 6) is 1.27. The lowest BCUT2D eigenvalue weighted by Gasteiger charge is -2.35. The minimum Gasteiger partial charge on any atom is -0.488 e. The maximum Gasteiger partial charge on any atom is 0.337 e. The molecule has 4 atom stereocenters. The quantitative estimate of drug-likeness (QED) is 0.669. The molecule has 8 nitrogen and oxygen atoms in total. The monoisotopic (exact) mass is 417 g/mol. The third-order valence-corrected chi connectivity index (χ3v) is 6.55. The standard InChI is InChI=1S/C22H31N3O5/c1-29-22(28)15-2-4-18(5-3-15)30-20-11-17-13-24(12-16(17)10-19(20)26)14-21(27)25-8-6-23-7-9-25/h2-5,16-17,19-20,23,26H,6-14H2,1H3/t16-,17+,19-,20-/m0/s1. The molecule has 0 unspecified atom stereocenters. The van der Waals surface area contributed by atoms with Crippen molar-refractivity contribution in [2.45, 2.75) is 25.0 Å². The summed E-state index contributed by atoms with van der Waals surface area (Å²) in [6, 6.07) is 6.80. The van der Waals surface area contributed by atoms with Gasteiger partial charge in [-0.2, -0.15) is 0 Å². The number of benzene rings is 1. The van der Waals surface area contributed by atoms with Gasteiger partial charge in [0, 0.05) is 39.3 Å². The van der Waals surface area contributed by atoms with Crippen LogP contribution in [0.1, 0.15) is 23.2 Å². The first kappa shape index (κ1) is 21.1. The highest BCUT2D eigenvalue weighted by Crippen LogP contribution is 2.38. The Bertz CT molecular complexity index is 750. The number of aliphatic hydroxyl groups excluding tert-OH is 1. The Kier molecular flexibility index (Phi) is 6.55. The van der Waals surface area contributed by atoms with E-state index in [1.165, 1.54) is 7.11 Å². The van der Waals surface area contributed by atoms with Crippen molar-refractivity contribution in [1.82, 2.24) is 15.1 Å². The summed E-state index contributed by atoms with van der Waals surface area (Å²) < 4.78 is 10.8. The van der Waals surface area contributed by atoms with Gasteiger partial charge in [-0.25, -0.2) is 4.79 Å². The summed E-state index contributed by atoms with van der Waals surface area (Å²) in [6.45, 7) is 5.48. The molecule has 0 spiro atoms. The van der Waals surface area contributed by atoms with Gasteiger partial charge in [0.2, 0.25) is 5.91 Å². The minimum absolute atomic E-state index is 0.203. The smallest absolute Gasteiger partial charge is 0.337 e. The molecule has 3 fully saturated rings. The van der Waals surface area contributed by atoms with E-state index >= 15 is 0 Å². The second-order valence-electron chi connectivity index (χ2n) is 8.56. The van der Waals surface area contributed by atoms with E-state index in [1.807, 2.05) is 4.90 Å². The predicted molar refractivity (Wildman–Crippen MR) is 110 cm³/mol. The van der Waals surface area contributed by atoms with E-state index in [-0.39, 0.29) is 18.0 Å². The van der Waals surface area contributed by atoms with Crippen LogP contribution in [0.25, 0.3) is 0 Å². The number of piperazine rings is 1. The van der Waals surface area contributed by atoms with Gasteiger partial charge in [-0.15, -0.1) is 0 Å². The van der Waals surface area contributed by atoms with Crippen LogP contribution in [0.15, 0.2) is 24.3 Å². The molecular formula is C22H31N3O5. The average molecular weight is 418 g/mol. The van der Waals surface area contributed by atoms with Gasteiger partial charge in [0.1, 0.15) is 11.9 Å². The van der Waals surface area contributed by atoms with E-state index < -0.39 is 6.10 Å². The van der Waals surface area contributed by atoms with E-state index in [2.05, 4.69) is 10.2 Å². The number of fused-ring (bicyclic) bond motifs is 1. The molecule has 2 aliphatic heterocycles. The highest BCUT2D eigenvalue weighted by Gasteiger charge is 2.43. The molecule has 1 aliphatic carbocycles. The Morgan fingerprint density at radius 2 is 1.77 bits per heavy atom. The zero-order valence-corrected chi connectivity index (χ0v) is 17.5. The lowest BCUT2D eigenvalue weighted by Crippen LogP contribution is -2.49. The van der Waals surface area contributed by atoms with Crippen LogP contribution in [-0.4, -0.2) is 91.9 Å². The molecular weight excluding hydrogens is 386 g/mol. The summed E-state index contributed by atoms with van der Waals surface area (Å²) in [7, 11) is 1.35. The van der Waals surface area contributed by atoms with Gasteiger partial charge in [0.15, 0.2) is 0 Å². The van der Waals surface area contributed by atoms with Gasteiger partial charge in [0.05, 0.1) is 25.3 Å². The number of rotatable bonds is 5.